The highest BCUT2D eigenvalue weighted by atomic mass is 19.1. The SMILES string of the molecule is CCC(NCCC(=O)N1CCOCC1)c1cccc(F)c1. The standard InChI is InChI=1S/C16H23FN2O2/c1-2-15(13-4-3-5-14(17)12-13)18-7-6-16(20)19-8-10-21-11-9-19/h3-5,12,15,18H,2,6-11H2,1H3. The van der Waals surface area contributed by atoms with Gasteiger partial charge in [0, 0.05) is 32.1 Å². The molecule has 5 heteroatoms. The number of carbonyl (C=O) groups is 1. The van der Waals surface area contributed by atoms with Crippen LogP contribution < -0.4 is 5.32 Å². The first kappa shape index (κ1) is 15.9. The molecule has 0 bridgehead atoms. The fourth-order valence-corrected chi connectivity index (χ4v) is 2.55. The predicted molar refractivity (Wildman–Crippen MR) is 79.5 cm³/mol. The number of carbonyl (C=O) groups excluding carboxylic acids is 1. The number of benzene rings is 1. The second-order valence-corrected chi connectivity index (χ2v) is 5.21. The van der Waals surface area contributed by atoms with E-state index in [1.165, 1.54) is 6.07 Å². The van der Waals surface area contributed by atoms with Gasteiger partial charge in [0.25, 0.3) is 0 Å². The van der Waals surface area contributed by atoms with Gasteiger partial charge in [-0.15, -0.1) is 0 Å². The third-order valence-electron chi connectivity index (χ3n) is 3.75. The minimum absolute atomic E-state index is 0.0817. The van der Waals surface area contributed by atoms with E-state index in [0.29, 0.717) is 39.3 Å². The number of rotatable bonds is 6. The molecule has 1 aromatic carbocycles. The number of hydrogen-bond acceptors (Lipinski definition) is 3. The normalized spacial score (nSPS) is 16.8. The lowest BCUT2D eigenvalue weighted by Gasteiger charge is -2.27. The van der Waals surface area contributed by atoms with Gasteiger partial charge in [-0.3, -0.25) is 4.79 Å². The van der Waals surface area contributed by atoms with Gasteiger partial charge in [0.15, 0.2) is 0 Å². The molecule has 0 saturated carbocycles. The van der Waals surface area contributed by atoms with Gasteiger partial charge in [-0.1, -0.05) is 19.1 Å². The van der Waals surface area contributed by atoms with Gasteiger partial charge in [-0.25, -0.2) is 4.39 Å². The smallest absolute Gasteiger partial charge is 0.224 e. The molecule has 1 aliphatic heterocycles. The van der Waals surface area contributed by atoms with Crippen molar-refractivity contribution in [3.63, 3.8) is 0 Å². The van der Waals surface area contributed by atoms with Crippen molar-refractivity contribution in [2.24, 2.45) is 0 Å². The fraction of sp³-hybridized carbons (Fsp3) is 0.562. The molecule has 1 atom stereocenters. The van der Waals surface area contributed by atoms with Crippen molar-refractivity contribution in [1.29, 1.82) is 0 Å². The summed E-state index contributed by atoms with van der Waals surface area (Å²) in [6.45, 7) is 5.26. The van der Waals surface area contributed by atoms with Gasteiger partial charge in [0.05, 0.1) is 13.2 Å². The molecule has 21 heavy (non-hydrogen) atoms. The summed E-state index contributed by atoms with van der Waals surface area (Å²) in [5.74, 6) is -0.0722. The van der Waals surface area contributed by atoms with E-state index >= 15 is 0 Å². The molecule has 1 heterocycles. The van der Waals surface area contributed by atoms with Crippen LogP contribution in [-0.4, -0.2) is 43.7 Å². The lowest BCUT2D eigenvalue weighted by atomic mass is 10.0. The Morgan fingerprint density at radius 3 is 2.86 bits per heavy atom. The summed E-state index contributed by atoms with van der Waals surface area (Å²) in [5.41, 5.74) is 0.927. The molecule has 4 nitrogen and oxygen atoms in total. The van der Waals surface area contributed by atoms with Crippen LogP contribution in [0.15, 0.2) is 24.3 Å². The summed E-state index contributed by atoms with van der Waals surface area (Å²) in [7, 11) is 0. The van der Waals surface area contributed by atoms with E-state index in [-0.39, 0.29) is 17.8 Å². The van der Waals surface area contributed by atoms with E-state index < -0.39 is 0 Å². The molecule has 1 fully saturated rings. The van der Waals surface area contributed by atoms with Crippen LogP contribution in [0.2, 0.25) is 0 Å². The highest BCUT2D eigenvalue weighted by molar-refractivity contribution is 5.76. The zero-order valence-electron chi connectivity index (χ0n) is 12.5. The Morgan fingerprint density at radius 1 is 1.43 bits per heavy atom. The summed E-state index contributed by atoms with van der Waals surface area (Å²) in [5, 5.41) is 3.34. The van der Waals surface area contributed by atoms with Crippen molar-refractivity contribution in [2.45, 2.75) is 25.8 Å². The van der Waals surface area contributed by atoms with E-state index in [9.17, 15) is 9.18 Å². The zero-order valence-corrected chi connectivity index (χ0v) is 12.5. The lowest BCUT2D eigenvalue weighted by molar-refractivity contribution is -0.135. The Balaban J connectivity index is 1.79. The molecule has 1 N–H and O–H groups in total. The minimum atomic E-state index is -0.225. The molecule has 116 valence electrons. The second kappa shape index (κ2) is 8.10. The largest absolute Gasteiger partial charge is 0.378 e. The molecule has 1 aromatic rings. The maximum Gasteiger partial charge on any atom is 0.224 e. The van der Waals surface area contributed by atoms with Crippen molar-refractivity contribution in [2.75, 3.05) is 32.8 Å². The Bertz CT molecular complexity index is 461. The summed E-state index contributed by atoms with van der Waals surface area (Å²) >= 11 is 0. The van der Waals surface area contributed by atoms with Crippen molar-refractivity contribution < 1.29 is 13.9 Å². The minimum Gasteiger partial charge on any atom is -0.378 e. The number of amides is 1. The van der Waals surface area contributed by atoms with E-state index in [1.807, 2.05) is 17.9 Å². The third kappa shape index (κ3) is 4.79. The molecule has 1 amide bonds. The quantitative estimate of drug-likeness (QED) is 0.874. The van der Waals surface area contributed by atoms with Crippen LogP contribution in [0.5, 0.6) is 0 Å². The van der Waals surface area contributed by atoms with Gasteiger partial charge in [-0.2, -0.15) is 0 Å². The number of halogens is 1. The highest BCUT2D eigenvalue weighted by Crippen LogP contribution is 2.17. The zero-order chi connectivity index (χ0) is 15.1. The first-order chi connectivity index (χ1) is 10.2. The van der Waals surface area contributed by atoms with Crippen LogP contribution >= 0.6 is 0 Å². The van der Waals surface area contributed by atoms with E-state index in [4.69, 9.17) is 4.74 Å². The highest BCUT2D eigenvalue weighted by Gasteiger charge is 2.17. The van der Waals surface area contributed by atoms with Gasteiger partial charge in [0.1, 0.15) is 5.82 Å². The van der Waals surface area contributed by atoms with Crippen molar-refractivity contribution in [3.8, 4) is 0 Å². The summed E-state index contributed by atoms with van der Waals surface area (Å²) < 4.78 is 18.5. The van der Waals surface area contributed by atoms with Crippen molar-refractivity contribution >= 4 is 5.91 Å². The van der Waals surface area contributed by atoms with E-state index in [1.54, 1.807) is 12.1 Å². The van der Waals surface area contributed by atoms with Gasteiger partial charge in [0.2, 0.25) is 5.91 Å². The average Bonchev–Trinajstić information content (AvgIpc) is 2.52. The lowest BCUT2D eigenvalue weighted by Crippen LogP contribution is -2.41. The van der Waals surface area contributed by atoms with Crippen LogP contribution in [0.3, 0.4) is 0 Å². The molecule has 2 rings (SSSR count). The maximum absolute atomic E-state index is 13.3. The molecule has 0 aliphatic carbocycles. The number of nitrogens with zero attached hydrogens (tertiary/aromatic N) is 1. The van der Waals surface area contributed by atoms with Crippen molar-refractivity contribution in [3.05, 3.63) is 35.6 Å². The Kier molecular flexibility index (Phi) is 6.14. The first-order valence-corrected chi connectivity index (χ1v) is 7.55. The molecule has 1 unspecified atom stereocenters. The summed E-state index contributed by atoms with van der Waals surface area (Å²) in [6, 6.07) is 6.70. The van der Waals surface area contributed by atoms with Gasteiger partial charge in [-0.05, 0) is 24.1 Å². The molecule has 0 aromatic heterocycles. The summed E-state index contributed by atoms with van der Waals surface area (Å²) in [4.78, 5) is 13.9. The Hall–Kier alpha value is -1.46. The van der Waals surface area contributed by atoms with Crippen LogP contribution in [0, 0.1) is 5.82 Å². The Labute approximate surface area is 125 Å². The molecule has 1 aliphatic rings. The van der Waals surface area contributed by atoms with E-state index in [0.717, 1.165) is 12.0 Å². The van der Waals surface area contributed by atoms with Crippen LogP contribution in [0.1, 0.15) is 31.4 Å². The number of ether oxygens (including phenoxy) is 1. The molecule has 0 radical (unpaired) electrons. The predicted octanol–water partition coefficient (Wildman–Crippen LogP) is 2.12. The molecule has 0 spiro atoms. The van der Waals surface area contributed by atoms with E-state index in [2.05, 4.69) is 5.32 Å². The number of nitrogens with one attached hydrogen (secondary N) is 1. The van der Waals surface area contributed by atoms with Gasteiger partial charge >= 0.3 is 0 Å². The first-order valence-electron chi connectivity index (χ1n) is 7.55. The van der Waals surface area contributed by atoms with Crippen LogP contribution in [0.25, 0.3) is 0 Å². The fourth-order valence-electron chi connectivity index (χ4n) is 2.55. The topological polar surface area (TPSA) is 41.6 Å². The molecule has 1 saturated heterocycles. The average molecular weight is 294 g/mol. The molecular weight excluding hydrogens is 271 g/mol. The van der Waals surface area contributed by atoms with Crippen LogP contribution in [0.4, 0.5) is 4.39 Å². The monoisotopic (exact) mass is 294 g/mol. The van der Waals surface area contributed by atoms with Gasteiger partial charge < -0.3 is 15.0 Å². The second-order valence-electron chi connectivity index (χ2n) is 5.21. The maximum atomic E-state index is 13.3. The molecular formula is C16H23FN2O2. The Morgan fingerprint density at radius 2 is 2.19 bits per heavy atom. The number of morpholine rings is 1. The van der Waals surface area contributed by atoms with Crippen molar-refractivity contribution in [1.82, 2.24) is 10.2 Å². The van der Waals surface area contributed by atoms with Crippen LogP contribution in [-0.2, 0) is 9.53 Å². The number of hydrogen-bond donors (Lipinski definition) is 1. The third-order valence-corrected chi connectivity index (χ3v) is 3.75. The summed E-state index contributed by atoms with van der Waals surface area (Å²) in [6.07, 6.45) is 1.32.